The van der Waals surface area contributed by atoms with Crippen LogP contribution in [0.5, 0.6) is 0 Å². The molecule has 0 aromatic carbocycles. The Morgan fingerprint density at radius 3 is 2.64 bits per heavy atom. The molecule has 1 aromatic heterocycles. The number of hydrogen-bond acceptors (Lipinski definition) is 3. The minimum Gasteiger partial charge on any atom is -0.395 e. The van der Waals surface area contributed by atoms with Crippen LogP contribution in [0.15, 0.2) is 5.03 Å². The van der Waals surface area contributed by atoms with Crippen molar-refractivity contribution in [2.45, 2.75) is 50.9 Å². The first-order chi connectivity index (χ1) is 6.60. The van der Waals surface area contributed by atoms with E-state index in [0.29, 0.717) is 5.25 Å². The maximum absolute atomic E-state index is 5.98. The third-order valence-corrected chi connectivity index (χ3v) is 3.70. The summed E-state index contributed by atoms with van der Waals surface area (Å²) < 4.78 is 1.99. The van der Waals surface area contributed by atoms with Crippen LogP contribution in [0.1, 0.15) is 32.9 Å². The fourth-order valence-electron chi connectivity index (χ4n) is 1.19. The van der Waals surface area contributed by atoms with Crippen LogP contribution in [-0.2, 0) is 6.54 Å². The molecule has 4 heteroatoms. The molecule has 1 aromatic rings. The van der Waals surface area contributed by atoms with E-state index in [0.717, 1.165) is 29.4 Å². The summed E-state index contributed by atoms with van der Waals surface area (Å²) in [6, 6.07) is 0. The van der Waals surface area contributed by atoms with Crippen LogP contribution < -0.4 is 5.73 Å². The highest BCUT2D eigenvalue weighted by Crippen LogP contribution is 2.31. The van der Waals surface area contributed by atoms with Crippen LogP contribution in [0.2, 0.25) is 0 Å². The van der Waals surface area contributed by atoms with E-state index in [1.54, 1.807) is 0 Å². The molecular formula is C10H19N3S. The number of anilines is 1. The molecule has 0 saturated heterocycles. The Hall–Kier alpha value is -0.640. The fraction of sp³-hybridized carbons (Fsp3) is 0.700. The van der Waals surface area contributed by atoms with Gasteiger partial charge in [0.1, 0.15) is 5.03 Å². The van der Waals surface area contributed by atoms with E-state index in [9.17, 15) is 0 Å². The Balaban J connectivity index is 2.93. The third kappa shape index (κ3) is 2.23. The van der Waals surface area contributed by atoms with Crippen LogP contribution in [0.3, 0.4) is 0 Å². The summed E-state index contributed by atoms with van der Waals surface area (Å²) in [7, 11) is 0. The summed E-state index contributed by atoms with van der Waals surface area (Å²) in [5.74, 6) is 0. The second-order valence-electron chi connectivity index (χ2n) is 3.46. The summed E-state index contributed by atoms with van der Waals surface area (Å²) in [4.78, 5) is 0. The smallest absolute Gasteiger partial charge is 0.118 e. The molecule has 1 rings (SSSR count). The van der Waals surface area contributed by atoms with Crippen molar-refractivity contribution in [3.8, 4) is 0 Å². The zero-order chi connectivity index (χ0) is 10.7. The maximum Gasteiger partial charge on any atom is 0.118 e. The van der Waals surface area contributed by atoms with E-state index in [1.807, 2.05) is 23.4 Å². The molecule has 1 heterocycles. The highest BCUT2D eigenvalue weighted by atomic mass is 32.2. The van der Waals surface area contributed by atoms with Gasteiger partial charge in [0.2, 0.25) is 0 Å². The highest BCUT2D eigenvalue weighted by Gasteiger charge is 2.14. The van der Waals surface area contributed by atoms with Gasteiger partial charge < -0.3 is 5.73 Å². The van der Waals surface area contributed by atoms with Gasteiger partial charge >= 0.3 is 0 Å². The zero-order valence-electron chi connectivity index (χ0n) is 9.37. The molecule has 1 atom stereocenters. The van der Waals surface area contributed by atoms with Crippen molar-refractivity contribution in [2.75, 3.05) is 5.73 Å². The van der Waals surface area contributed by atoms with Crippen molar-refractivity contribution in [3.63, 3.8) is 0 Å². The first kappa shape index (κ1) is 11.4. The first-order valence-corrected chi connectivity index (χ1v) is 5.97. The van der Waals surface area contributed by atoms with Gasteiger partial charge in [0.25, 0.3) is 0 Å². The molecule has 2 N–H and O–H groups in total. The third-order valence-electron chi connectivity index (χ3n) is 2.31. The summed E-state index contributed by atoms with van der Waals surface area (Å²) in [5.41, 5.74) is 7.76. The number of hydrogen-bond donors (Lipinski definition) is 1. The Bertz CT molecular complexity index is 307. The van der Waals surface area contributed by atoms with E-state index in [-0.39, 0.29) is 0 Å². The molecule has 1 unspecified atom stereocenters. The molecule has 0 aliphatic heterocycles. The summed E-state index contributed by atoms with van der Waals surface area (Å²) in [6.07, 6.45) is 1.15. The van der Waals surface area contributed by atoms with Gasteiger partial charge in [0, 0.05) is 11.8 Å². The van der Waals surface area contributed by atoms with Crippen LogP contribution >= 0.6 is 11.8 Å². The SMILES string of the molecule is CCC(C)Sc1c(N)c(C)nn1CC. The van der Waals surface area contributed by atoms with Crippen LogP contribution in [-0.4, -0.2) is 15.0 Å². The molecule has 0 radical (unpaired) electrons. The van der Waals surface area contributed by atoms with E-state index in [2.05, 4.69) is 25.9 Å². The van der Waals surface area contributed by atoms with Crippen molar-refractivity contribution in [1.29, 1.82) is 0 Å². The van der Waals surface area contributed by atoms with Gasteiger partial charge in [0.05, 0.1) is 11.4 Å². The van der Waals surface area contributed by atoms with Crippen LogP contribution in [0, 0.1) is 6.92 Å². The average molecular weight is 213 g/mol. The maximum atomic E-state index is 5.98. The summed E-state index contributed by atoms with van der Waals surface area (Å²) in [5, 5.41) is 6.11. The monoisotopic (exact) mass is 213 g/mol. The van der Waals surface area contributed by atoms with E-state index >= 15 is 0 Å². The molecule has 0 aliphatic rings. The Kier molecular flexibility index (Phi) is 3.86. The van der Waals surface area contributed by atoms with Crippen molar-refractivity contribution >= 4 is 17.4 Å². The largest absolute Gasteiger partial charge is 0.395 e. The fourth-order valence-corrected chi connectivity index (χ4v) is 2.30. The molecule has 0 aliphatic carbocycles. The Labute approximate surface area is 90.1 Å². The molecule has 80 valence electrons. The van der Waals surface area contributed by atoms with E-state index in [1.165, 1.54) is 0 Å². The van der Waals surface area contributed by atoms with Gasteiger partial charge in [-0.2, -0.15) is 5.10 Å². The molecule has 3 nitrogen and oxygen atoms in total. The van der Waals surface area contributed by atoms with E-state index < -0.39 is 0 Å². The van der Waals surface area contributed by atoms with Crippen molar-refractivity contribution in [3.05, 3.63) is 5.69 Å². The number of aromatic nitrogens is 2. The van der Waals surface area contributed by atoms with Crippen molar-refractivity contribution in [2.24, 2.45) is 0 Å². The molecule has 0 bridgehead atoms. The van der Waals surface area contributed by atoms with Gasteiger partial charge in [-0.25, -0.2) is 0 Å². The van der Waals surface area contributed by atoms with Crippen LogP contribution in [0.4, 0.5) is 5.69 Å². The predicted octanol–water partition coefficient (Wildman–Crippen LogP) is 2.68. The molecule has 0 saturated carbocycles. The topological polar surface area (TPSA) is 43.8 Å². The second-order valence-corrected chi connectivity index (χ2v) is 4.88. The first-order valence-electron chi connectivity index (χ1n) is 5.09. The lowest BCUT2D eigenvalue weighted by Crippen LogP contribution is -2.02. The van der Waals surface area contributed by atoms with E-state index in [4.69, 9.17) is 5.73 Å². The average Bonchev–Trinajstić information content (AvgIpc) is 2.45. The normalized spacial score (nSPS) is 13.1. The lowest BCUT2D eigenvalue weighted by molar-refractivity contribution is 0.601. The van der Waals surface area contributed by atoms with Gasteiger partial charge in [-0.15, -0.1) is 11.8 Å². The quantitative estimate of drug-likeness (QED) is 0.782. The van der Waals surface area contributed by atoms with Gasteiger partial charge in [-0.1, -0.05) is 13.8 Å². The molecule has 0 fully saturated rings. The summed E-state index contributed by atoms with van der Waals surface area (Å²) in [6.45, 7) is 9.34. The van der Waals surface area contributed by atoms with Crippen LogP contribution in [0.25, 0.3) is 0 Å². The Morgan fingerprint density at radius 1 is 1.50 bits per heavy atom. The standard InChI is InChI=1S/C10H19N3S/c1-5-7(3)14-10-9(11)8(4)12-13(10)6-2/h7H,5-6,11H2,1-4H3. The molecule has 0 spiro atoms. The number of rotatable bonds is 4. The molecular weight excluding hydrogens is 194 g/mol. The minimum atomic E-state index is 0.596. The number of nitrogens with two attached hydrogens (primary N) is 1. The second kappa shape index (κ2) is 4.73. The minimum absolute atomic E-state index is 0.596. The zero-order valence-corrected chi connectivity index (χ0v) is 10.2. The molecule has 14 heavy (non-hydrogen) atoms. The summed E-state index contributed by atoms with van der Waals surface area (Å²) >= 11 is 1.82. The van der Waals surface area contributed by atoms with Crippen molar-refractivity contribution in [1.82, 2.24) is 9.78 Å². The number of thioether (sulfide) groups is 1. The predicted molar refractivity (Wildman–Crippen MR) is 62.7 cm³/mol. The van der Waals surface area contributed by atoms with Gasteiger partial charge in [-0.05, 0) is 20.3 Å². The Morgan fingerprint density at radius 2 is 2.14 bits per heavy atom. The number of nitrogen functional groups attached to an aromatic ring is 1. The van der Waals surface area contributed by atoms with Crippen molar-refractivity contribution < 1.29 is 0 Å². The lowest BCUT2D eigenvalue weighted by atomic mass is 10.4. The molecule has 0 amide bonds. The van der Waals surface area contributed by atoms with Gasteiger partial charge in [-0.3, -0.25) is 4.68 Å². The van der Waals surface area contributed by atoms with Gasteiger partial charge in [0.15, 0.2) is 0 Å². The number of nitrogens with zero attached hydrogens (tertiary/aromatic N) is 2. The number of aryl methyl sites for hydroxylation is 2. The lowest BCUT2D eigenvalue weighted by Gasteiger charge is -2.10. The highest BCUT2D eigenvalue weighted by molar-refractivity contribution is 8.00.